The molecule has 1 atom stereocenters. The van der Waals surface area contributed by atoms with Crippen LogP contribution in [0.4, 0.5) is 0 Å². The van der Waals surface area contributed by atoms with E-state index in [9.17, 15) is 14.4 Å². The van der Waals surface area contributed by atoms with Gasteiger partial charge >= 0.3 is 5.97 Å². The molecule has 0 unspecified atom stereocenters. The van der Waals surface area contributed by atoms with Gasteiger partial charge < -0.3 is 4.74 Å². The minimum absolute atomic E-state index is 0.227. The molecule has 0 fully saturated rings. The summed E-state index contributed by atoms with van der Waals surface area (Å²) in [5, 5.41) is 0. The van der Waals surface area contributed by atoms with Crippen LogP contribution in [-0.2, 0) is 9.53 Å². The number of amides is 2. The molecule has 0 aliphatic carbocycles. The number of hydrogen-bond donors (Lipinski definition) is 0. The zero-order valence-electron chi connectivity index (χ0n) is 12.3. The van der Waals surface area contributed by atoms with Gasteiger partial charge in [0.05, 0.1) is 17.7 Å². The lowest BCUT2D eigenvalue weighted by atomic mass is 10.1. The summed E-state index contributed by atoms with van der Waals surface area (Å²) < 4.78 is 5.02. The summed E-state index contributed by atoms with van der Waals surface area (Å²) in [4.78, 5) is 38.0. The smallest absolute Gasteiger partial charge is 0.329 e. The fourth-order valence-electron chi connectivity index (χ4n) is 2.48. The second kappa shape index (κ2) is 6.52. The van der Waals surface area contributed by atoms with Crippen LogP contribution in [-0.4, -0.2) is 35.3 Å². The van der Waals surface area contributed by atoms with Crippen molar-refractivity contribution in [1.29, 1.82) is 0 Å². The van der Waals surface area contributed by atoms with Crippen molar-refractivity contribution >= 4 is 17.8 Å². The summed E-state index contributed by atoms with van der Waals surface area (Å²) in [5.74, 6) is -1.34. The molecule has 0 saturated heterocycles. The van der Waals surface area contributed by atoms with Crippen LogP contribution in [0.2, 0.25) is 0 Å². The number of fused-ring (bicyclic) bond motifs is 1. The first-order chi connectivity index (χ1) is 10.1. The average Bonchev–Trinajstić information content (AvgIpc) is 2.73. The zero-order chi connectivity index (χ0) is 15.4. The minimum atomic E-state index is -0.836. The van der Waals surface area contributed by atoms with Gasteiger partial charge in [-0.1, -0.05) is 31.9 Å². The number of carbonyl (C=O) groups excluding carboxylic acids is 3. The molecule has 1 heterocycles. The number of esters is 1. The van der Waals surface area contributed by atoms with E-state index in [1.807, 2.05) is 6.92 Å². The maximum atomic E-state index is 12.4. The van der Waals surface area contributed by atoms with Gasteiger partial charge in [-0.05, 0) is 25.5 Å². The van der Waals surface area contributed by atoms with E-state index >= 15 is 0 Å². The van der Waals surface area contributed by atoms with Gasteiger partial charge in [0, 0.05) is 0 Å². The summed E-state index contributed by atoms with van der Waals surface area (Å²) in [6.07, 6.45) is 2.05. The highest BCUT2D eigenvalue weighted by Crippen LogP contribution is 2.26. The predicted molar refractivity (Wildman–Crippen MR) is 76.9 cm³/mol. The van der Waals surface area contributed by atoms with Crippen molar-refractivity contribution in [3.05, 3.63) is 35.4 Å². The van der Waals surface area contributed by atoms with Gasteiger partial charge in [-0.25, -0.2) is 4.79 Å². The van der Waals surface area contributed by atoms with E-state index in [0.717, 1.165) is 17.7 Å². The van der Waals surface area contributed by atoms with E-state index in [-0.39, 0.29) is 6.61 Å². The Hall–Kier alpha value is -2.17. The number of unbranched alkanes of at least 4 members (excludes halogenated alkanes) is 1. The fourth-order valence-corrected chi connectivity index (χ4v) is 2.48. The lowest BCUT2D eigenvalue weighted by Crippen LogP contribution is -2.45. The molecule has 1 aromatic carbocycles. The second-order valence-corrected chi connectivity index (χ2v) is 4.94. The van der Waals surface area contributed by atoms with Crippen molar-refractivity contribution in [3.8, 4) is 0 Å². The number of hydrogen-bond acceptors (Lipinski definition) is 4. The molecule has 21 heavy (non-hydrogen) atoms. The van der Waals surface area contributed by atoms with Gasteiger partial charge in [0.25, 0.3) is 11.8 Å². The molecule has 112 valence electrons. The number of benzene rings is 1. The average molecular weight is 289 g/mol. The number of rotatable bonds is 6. The van der Waals surface area contributed by atoms with E-state index in [2.05, 4.69) is 0 Å². The Morgan fingerprint density at radius 1 is 1.14 bits per heavy atom. The van der Waals surface area contributed by atoms with Crippen molar-refractivity contribution in [1.82, 2.24) is 4.90 Å². The summed E-state index contributed by atoms with van der Waals surface area (Å²) in [5.41, 5.74) is 0.710. The fraction of sp³-hybridized carbons (Fsp3) is 0.438. The molecule has 2 amide bonds. The molecule has 0 saturated carbocycles. The first-order valence-corrected chi connectivity index (χ1v) is 7.25. The highest BCUT2D eigenvalue weighted by atomic mass is 16.5. The SMILES string of the molecule is CCCC[C@H](C(=O)OCC)N1C(=O)c2ccccc2C1=O. The molecule has 1 aliphatic heterocycles. The van der Waals surface area contributed by atoms with Crippen LogP contribution in [0.3, 0.4) is 0 Å². The van der Waals surface area contributed by atoms with Gasteiger partial charge in [-0.3, -0.25) is 14.5 Å². The van der Waals surface area contributed by atoms with E-state index in [4.69, 9.17) is 4.74 Å². The Morgan fingerprint density at radius 3 is 2.19 bits per heavy atom. The Balaban J connectivity index is 2.31. The minimum Gasteiger partial charge on any atom is -0.464 e. The lowest BCUT2D eigenvalue weighted by molar-refractivity contribution is -0.148. The quantitative estimate of drug-likeness (QED) is 0.596. The van der Waals surface area contributed by atoms with Crippen molar-refractivity contribution in [3.63, 3.8) is 0 Å². The largest absolute Gasteiger partial charge is 0.464 e. The van der Waals surface area contributed by atoms with Crippen LogP contribution in [0.1, 0.15) is 53.8 Å². The third-order valence-electron chi connectivity index (χ3n) is 3.53. The van der Waals surface area contributed by atoms with E-state index in [1.54, 1.807) is 31.2 Å². The number of carbonyl (C=O) groups is 3. The maximum Gasteiger partial charge on any atom is 0.329 e. The molecule has 0 radical (unpaired) electrons. The predicted octanol–water partition coefficient (Wildman–Crippen LogP) is 2.40. The molecule has 0 bridgehead atoms. The van der Waals surface area contributed by atoms with E-state index in [1.165, 1.54) is 0 Å². The third kappa shape index (κ3) is 2.82. The Bertz CT molecular complexity index is 532. The molecule has 5 heteroatoms. The number of imide groups is 1. The van der Waals surface area contributed by atoms with Crippen LogP contribution in [0.5, 0.6) is 0 Å². The van der Waals surface area contributed by atoms with Gasteiger partial charge in [0.1, 0.15) is 6.04 Å². The monoisotopic (exact) mass is 289 g/mol. The standard InChI is InChI=1S/C16H19NO4/c1-3-5-10-13(16(20)21-4-2)17-14(18)11-8-6-7-9-12(11)15(17)19/h6-9,13H,3-5,10H2,1-2H3/t13-/m1/s1. The van der Waals surface area contributed by atoms with Crippen LogP contribution in [0.15, 0.2) is 24.3 Å². The number of ether oxygens (including phenoxy) is 1. The van der Waals surface area contributed by atoms with Crippen molar-refractivity contribution in [2.75, 3.05) is 6.61 Å². The van der Waals surface area contributed by atoms with Gasteiger partial charge in [-0.2, -0.15) is 0 Å². The van der Waals surface area contributed by atoms with Crippen molar-refractivity contribution < 1.29 is 19.1 Å². The van der Waals surface area contributed by atoms with Crippen molar-refractivity contribution in [2.24, 2.45) is 0 Å². The normalized spacial score (nSPS) is 15.0. The van der Waals surface area contributed by atoms with E-state index < -0.39 is 23.8 Å². The highest BCUT2D eigenvalue weighted by Gasteiger charge is 2.42. The summed E-state index contributed by atoms with van der Waals surface area (Å²) in [6, 6.07) is 5.80. The zero-order valence-corrected chi connectivity index (χ0v) is 12.3. The van der Waals surface area contributed by atoms with Gasteiger partial charge in [0.15, 0.2) is 0 Å². The molecular formula is C16H19NO4. The highest BCUT2D eigenvalue weighted by molar-refractivity contribution is 6.22. The third-order valence-corrected chi connectivity index (χ3v) is 3.53. The second-order valence-electron chi connectivity index (χ2n) is 4.94. The first-order valence-electron chi connectivity index (χ1n) is 7.25. The molecule has 0 spiro atoms. The van der Waals surface area contributed by atoms with Gasteiger partial charge in [0.2, 0.25) is 0 Å². The van der Waals surface area contributed by atoms with Crippen LogP contribution in [0.25, 0.3) is 0 Å². The molecule has 5 nitrogen and oxygen atoms in total. The maximum absolute atomic E-state index is 12.4. The van der Waals surface area contributed by atoms with E-state index in [0.29, 0.717) is 17.5 Å². The summed E-state index contributed by atoms with van der Waals surface area (Å²) >= 11 is 0. The number of nitrogens with zero attached hydrogens (tertiary/aromatic N) is 1. The first kappa shape index (κ1) is 15.2. The summed E-state index contributed by atoms with van der Waals surface area (Å²) in [7, 11) is 0. The molecular weight excluding hydrogens is 270 g/mol. The van der Waals surface area contributed by atoms with Gasteiger partial charge in [-0.15, -0.1) is 0 Å². The molecule has 1 aliphatic rings. The van der Waals surface area contributed by atoms with Crippen LogP contribution >= 0.6 is 0 Å². The molecule has 1 aromatic rings. The topological polar surface area (TPSA) is 63.7 Å². The van der Waals surface area contributed by atoms with Crippen molar-refractivity contribution in [2.45, 2.75) is 39.2 Å². The van der Waals surface area contributed by atoms with Crippen LogP contribution < -0.4 is 0 Å². The lowest BCUT2D eigenvalue weighted by Gasteiger charge is -2.24. The van der Waals surface area contributed by atoms with Crippen LogP contribution in [0, 0.1) is 0 Å². The Morgan fingerprint density at radius 2 is 1.71 bits per heavy atom. The molecule has 0 N–H and O–H groups in total. The Kier molecular flexibility index (Phi) is 4.73. The Labute approximate surface area is 123 Å². The summed E-state index contributed by atoms with van der Waals surface area (Å²) in [6.45, 7) is 3.92. The molecule has 2 rings (SSSR count). The molecule has 0 aromatic heterocycles.